The number of nitrogens with one attached hydrogen (secondary N) is 1. The van der Waals surface area contributed by atoms with E-state index in [1.54, 1.807) is 17.2 Å². The van der Waals surface area contributed by atoms with Gasteiger partial charge in [-0.3, -0.25) is 10.4 Å². The van der Waals surface area contributed by atoms with E-state index >= 15 is 0 Å². The van der Waals surface area contributed by atoms with Gasteiger partial charge in [0.25, 0.3) is 0 Å². The van der Waals surface area contributed by atoms with Crippen LogP contribution in [-0.2, 0) is 23.3 Å². The van der Waals surface area contributed by atoms with E-state index in [4.69, 9.17) is 0 Å². The van der Waals surface area contributed by atoms with Crippen LogP contribution < -0.4 is 0 Å². The smallest absolute Gasteiger partial charge is 0.323 e. The Bertz CT molecular complexity index is 1130. The van der Waals surface area contributed by atoms with Crippen molar-refractivity contribution in [1.82, 2.24) is 9.88 Å². The van der Waals surface area contributed by atoms with Crippen molar-refractivity contribution >= 4 is 28.4 Å². The van der Waals surface area contributed by atoms with Gasteiger partial charge in [0.1, 0.15) is 5.84 Å². The van der Waals surface area contributed by atoms with E-state index in [2.05, 4.69) is 34.1 Å². The highest BCUT2D eigenvalue weighted by atomic mass is 127. The molecule has 2 heterocycles. The minimum absolute atomic E-state index is 0.00596. The molecule has 6 rings (SSSR count). The number of benzene rings is 1. The molecule has 0 amide bonds. The highest BCUT2D eigenvalue weighted by molar-refractivity contribution is 14.1. The van der Waals surface area contributed by atoms with Gasteiger partial charge in [-0.1, -0.05) is 30.7 Å². The number of hydrogen-bond acceptors (Lipinski definition) is 2. The standard InChI is InChI=1S/C29H34F2IN3/c30-29(31,32)24-15-22-18-35(13-11-26(22)34-17-24)27(33)28-12-3-5-23(28)14-19(16-28)7-8-21-10-9-20-4-1-2-6-25(20)21/h1-2,4,6,15,17,19,21,23,33H,3,5,7-14,16,18H2. The summed E-state index contributed by atoms with van der Waals surface area (Å²) in [5, 5.41) is 9.36. The Morgan fingerprint density at radius 2 is 2.03 bits per heavy atom. The van der Waals surface area contributed by atoms with Crippen LogP contribution in [0.3, 0.4) is 0 Å². The predicted molar refractivity (Wildman–Crippen MR) is 143 cm³/mol. The third-order valence-electron chi connectivity index (χ3n) is 9.56. The molecule has 4 aliphatic rings. The van der Waals surface area contributed by atoms with Gasteiger partial charge in [-0.15, -0.1) is 0 Å². The van der Waals surface area contributed by atoms with Crippen molar-refractivity contribution in [2.24, 2.45) is 17.3 Å². The Kier molecular flexibility index (Phi) is 6.17. The Morgan fingerprint density at radius 1 is 1.17 bits per heavy atom. The normalized spacial score (nSPS) is 29.7. The van der Waals surface area contributed by atoms with Crippen LogP contribution in [0.1, 0.15) is 85.2 Å². The van der Waals surface area contributed by atoms with Crippen LogP contribution in [0.25, 0.3) is 0 Å². The van der Waals surface area contributed by atoms with Crippen LogP contribution in [0.5, 0.6) is 0 Å². The van der Waals surface area contributed by atoms with Crippen molar-refractivity contribution in [3.8, 4) is 0 Å². The molecule has 1 aromatic heterocycles. The molecule has 4 atom stereocenters. The molecule has 186 valence electrons. The van der Waals surface area contributed by atoms with Crippen LogP contribution in [0.4, 0.5) is 8.78 Å². The van der Waals surface area contributed by atoms with Crippen LogP contribution >= 0.6 is 22.6 Å². The van der Waals surface area contributed by atoms with E-state index in [0.29, 0.717) is 24.3 Å². The van der Waals surface area contributed by atoms with Crippen molar-refractivity contribution in [2.75, 3.05) is 6.54 Å². The van der Waals surface area contributed by atoms with Crippen molar-refractivity contribution < 1.29 is 8.78 Å². The lowest BCUT2D eigenvalue weighted by atomic mass is 9.77. The van der Waals surface area contributed by atoms with Gasteiger partial charge < -0.3 is 4.90 Å². The van der Waals surface area contributed by atoms with E-state index in [0.717, 1.165) is 42.9 Å². The second-order valence-corrected chi connectivity index (χ2v) is 12.8. The van der Waals surface area contributed by atoms with Gasteiger partial charge in [0, 0.05) is 65.0 Å². The quantitative estimate of drug-likeness (QED) is 0.169. The summed E-state index contributed by atoms with van der Waals surface area (Å²) in [7, 11) is 0. The van der Waals surface area contributed by atoms with Crippen LogP contribution in [0.2, 0.25) is 0 Å². The summed E-state index contributed by atoms with van der Waals surface area (Å²) in [5.74, 6) is 2.81. The van der Waals surface area contributed by atoms with Gasteiger partial charge in [0.15, 0.2) is 0 Å². The highest BCUT2D eigenvalue weighted by Crippen LogP contribution is 2.59. The Labute approximate surface area is 220 Å². The van der Waals surface area contributed by atoms with Crippen molar-refractivity contribution in [1.29, 1.82) is 5.41 Å². The SMILES string of the molecule is N=C(N1CCc2ncc(C(F)(F)I)cc2C1)C12CCCC1CC(CCC1CCc3ccccc31)C2. The van der Waals surface area contributed by atoms with E-state index < -0.39 is 3.93 Å². The van der Waals surface area contributed by atoms with Gasteiger partial charge in [-0.2, -0.15) is 8.78 Å². The van der Waals surface area contributed by atoms with E-state index in [-0.39, 0.29) is 11.0 Å². The first-order valence-corrected chi connectivity index (χ1v) is 14.4. The largest absolute Gasteiger partial charge is 0.355 e. The molecule has 1 aliphatic heterocycles. The number of fused-ring (bicyclic) bond motifs is 3. The predicted octanol–water partition coefficient (Wildman–Crippen LogP) is 7.61. The number of rotatable bonds is 5. The molecule has 2 saturated carbocycles. The second-order valence-electron chi connectivity index (χ2n) is 11.4. The Morgan fingerprint density at radius 3 is 2.89 bits per heavy atom. The molecule has 35 heavy (non-hydrogen) atoms. The molecule has 0 radical (unpaired) electrons. The highest BCUT2D eigenvalue weighted by Gasteiger charge is 2.54. The van der Waals surface area contributed by atoms with Gasteiger partial charge in [-0.05, 0) is 91.9 Å². The third-order valence-corrected chi connectivity index (χ3v) is 10.2. The van der Waals surface area contributed by atoms with E-state index in [1.165, 1.54) is 73.7 Å². The molecule has 1 N–H and O–H groups in total. The summed E-state index contributed by atoms with van der Waals surface area (Å²) >= 11 is 1.18. The van der Waals surface area contributed by atoms with Crippen LogP contribution in [-0.4, -0.2) is 22.3 Å². The lowest BCUT2D eigenvalue weighted by molar-refractivity contribution is 0.127. The average Bonchev–Trinajstić information content (AvgIpc) is 3.53. The molecule has 0 bridgehead atoms. The van der Waals surface area contributed by atoms with Crippen LogP contribution in [0.15, 0.2) is 36.5 Å². The van der Waals surface area contributed by atoms with E-state index in [9.17, 15) is 14.2 Å². The zero-order valence-corrected chi connectivity index (χ0v) is 22.4. The molecule has 6 heteroatoms. The summed E-state index contributed by atoms with van der Waals surface area (Å²) in [6.45, 7) is 1.32. The summed E-state index contributed by atoms with van der Waals surface area (Å²) in [5.41, 5.74) is 4.87. The first-order valence-electron chi connectivity index (χ1n) is 13.3. The first-order chi connectivity index (χ1) is 16.8. The summed E-state index contributed by atoms with van der Waals surface area (Å²) in [4.78, 5) is 6.54. The average molecular weight is 590 g/mol. The van der Waals surface area contributed by atoms with Gasteiger partial charge in [-0.25, -0.2) is 0 Å². The molecule has 3 nitrogen and oxygen atoms in total. The third kappa shape index (κ3) is 4.31. The number of pyridine rings is 1. The lowest BCUT2D eigenvalue weighted by Gasteiger charge is -2.40. The zero-order valence-electron chi connectivity index (χ0n) is 20.2. The van der Waals surface area contributed by atoms with Crippen molar-refractivity contribution in [2.45, 2.75) is 80.6 Å². The van der Waals surface area contributed by atoms with Crippen molar-refractivity contribution in [3.05, 3.63) is 64.5 Å². The maximum Gasteiger partial charge on any atom is 0.323 e. The minimum atomic E-state index is -2.91. The Balaban J connectivity index is 1.14. The minimum Gasteiger partial charge on any atom is -0.355 e. The maximum atomic E-state index is 13.9. The molecule has 2 fully saturated rings. The molecular formula is C29H34F2IN3. The first kappa shape index (κ1) is 23.8. The summed E-state index contributed by atoms with van der Waals surface area (Å²) in [6.07, 6.45) is 13.1. The fourth-order valence-corrected chi connectivity index (χ4v) is 8.15. The number of amidine groups is 1. The number of alkyl halides is 3. The molecule has 0 saturated heterocycles. The fourth-order valence-electron chi connectivity index (χ4n) is 7.85. The molecule has 3 aliphatic carbocycles. The maximum absolute atomic E-state index is 13.9. The molecule has 4 unspecified atom stereocenters. The number of aryl methyl sites for hydroxylation is 1. The van der Waals surface area contributed by atoms with Gasteiger partial charge in [0.2, 0.25) is 0 Å². The molecule has 1 aromatic carbocycles. The van der Waals surface area contributed by atoms with Crippen molar-refractivity contribution in [3.63, 3.8) is 0 Å². The molecule has 0 spiro atoms. The van der Waals surface area contributed by atoms with Crippen LogP contribution in [0, 0.1) is 22.7 Å². The summed E-state index contributed by atoms with van der Waals surface area (Å²) in [6, 6.07) is 10.6. The number of nitrogens with zero attached hydrogens (tertiary/aromatic N) is 2. The number of aromatic nitrogens is 1. The monoisotopic (exact) mass is 589 g/mol. The van der Waals surface area contributed by atoms with Gasteiger partial charge >= 0.3 is 3.93 Å². The fraction of sp³-hybridized carbons (Fsp3) is 0.586. The molecule has 2 aromatic rings. The van der Waals surface area contributed by atoms with Gasteiger partial charge in [0.05, 0.1) is 0 Å². The lowest BCUT2D eigenvalue weighted by Crippen LogP contribution is -2.46. The number of halogens is 3. The van der Waals surface area contributed by atoms with E-state index in [1.807, 2.05) is 0 Å². The zero-order chi connectivity index (χ0) is 24.2. The second kappa shape index (κ2) is 9.07. The summed E-state index contributed by atoms with van der Waals surface area (Å²) < 4.78 is 24.9. The molecular weight excluding hydrogens is 555 g/mol. The number of hydrogen-bond donors (Lipinski definition) is 1. The topological polar surface area (TPSA) is 40.0 Å². The Hall–Kier alpha value is -1.57.